The van der Waals surface area contributed by atoms with E-state index in [4.69, 9.17) is 11.6 Å². The number of thiazole rings is 1. The monoisotopic (exact) mass is 447 g/mol. The topological polar surface area (TPSA) is 53.5 Å². The Kier molecular flexibility index (Phi) is 5.78. The van der Waals surface area contributed by atoms with Crippen LogP contribution in [0.1, 0.15) is 20.0 Å². The Morgan fingerprint density at radius 1 is 0.967 bits per heavy atom. The van der Waals surface area contributed by atoms with Crippen LogP contribution in [0.4, 0.5) is 8.78 Å². The van der Waals surface area contributed by atoms with Gasteiger partial charge in [0.2, 0.25) is 0 Å². The van der Waals surface area contributed by atoms with Crippen LogP contribution in [0.3, 0.4) is 0 Å². The number of rotatable bonds is 3. The summed E-state index contributed by atoms with van der Waals surface area (Å²) in [7, 11) is 0. The van der Waals surface area contributed by atoms with E-state index >= 15 is 0 Å². The van der Waals surface area contributed by atoms with Crippen LogP contribution in [-0.2, 0) is 0 Å². The minimum atomic E-state index is -0.508. The lowest BCUT2D eigenvalue weighted by Gasteiger charge is -2.34. The van der Waals surface area contributed by atoms with Crippen molar-refractivity contribution in [1.82, 2.24) is 14.8 Å². The Hall–Kier alpha value is -2.84. The van der Waals surface area contributed by atoms with Gasteiger partial charge in [0.1, 0.15) is 21.5 Å². The van der Waals surface area contributed by atoms with Crippen molar-refractivity contribution in [2.24, 2.45) is 0 Å². The van der Waals surface area contributed by atoms with Crippen LogP contribution < -0.4 is 0 Å². The zero-order valence-corrected chi connectivity index (χ0v) is 17.2. The number of carbonyl (C=O) groups excluding carboxylic acids is 2. The fourth-order valence-corrected chi connectivity index (χ4v) is 4.39. The van der Waals surface area contributed by atoms with Crippen molar-refractivity contribution < 1.29 is 18.4 Å². The zero-order chi connectivity index (χ0) is 21.3. The Bertz CT molecular complexity index is 1110. The third-order valence-corrected chi connectivity index (χ3v) is 6.17. The van der Waals surface area contributed by atoms with E-state index in [9.17, 15) is 18.4 Å². The minimum Gasteiger partial charge on any atom is -0.335 e. The Morgan fingerprint density at radius 2 is 1.63 bits per heavy atom. The molecule has 0 radical (unpaired) electrons. The van der Waals surface area contributed by atoms with Crippen LogP contribution in [0.5, 0.6) is 0 Å². The van der Waals surface area contributed by atoms with Gasteiger partial charge in [-0.15, -0.1) is 11.3 Å². The highest BCUT2D eigenvalue weighted by Crippen LogP contribution is 2.28. The van der Waals surface area contributed by atoms with E-state index in [-0.39, 0.29) is 22.4 Å². The maximum absolute atomic E-state index is 14.0. The van der Waals surface area contributed by atoms with Crippen LogP contribution in [0.15, 0.2) is 48.7 Å². The van der Waals surface area contributed by atoms with Gasteiger partial charge in [-0.3, -0.25) is 9.59 Å². The number of aromatic nitrogens is 1. The second-order valence-corrected chi connectivity index (χ2v) is 8.16. The van der Waals surface area contributed by atoms with Gasteiger partial charge >= 0.3 is 0 Å². The molecule has 0 N–H and O–H groups in total. The van der Waals surface area contributed by atoms with Crippen molar-refractivity contribution >= 4 is 34.8 Å². The second kappa shape index (κ2) is 8.49. The molecule has 1 aliphatic heterocycles. The van der Waals surface area contributed by atoms with Gasteiger partial charge in [-0.05, 0) is 30.3 Å². The lowest BCUT2D eigenvalue weighted by atomic mass is 10.1. The fourth-order valence-electron chi connectivity index (χ4n) is 3.23. The van der Waals surface area contributed by atoms with E-state index in [2.05, 4.69) is 4.98 Å². The summed E-state index contributed by atoms with van der Waals surface area (Å²) in [4.78, 5) is 33.3. The Labute approximate surface area is 180 Å². The van der Waals surface area contributed by atoms with Crippen LogP contribution in [-0.4, -0.2) is 52.8 Å². The number of hydrogen-bond acceptors (Lipinski definition) is 4. The van der Waals surface area contributed by atoms with E-state index in [1.54, 1.807) is 28.0 Å². The minimum absolute atomic E-state index is 0.0591. The highest BCUT2D eigenvalue weighted by Gasteiger charge is 2.27. The molecule has 9 heteroatoms. The molecule has 4 rings (SSSR count). The molecule has 0 bridgehead atoms. The molecule has 30 heavy (non-hydrogen) atoms. The van der Waals surface area contributed by atoms with E-state index in [1.807, 2.05) is 0 Å². The van der Waals surface area contributed by atoms with E-state index in [0.717, 1.165) is 17.4 Å². The van der Waals surface area contributed by atoms with Gasteiger partial charge in [-0.1, -0.05) is 23.7 Å². The molecule has 1 aromatic heterocycles. The third-order valence-electron chi connectivity index (χ3n) is 4.84. The number of amides is 2. The first-order valence-corrected chi connectivity index (χ1v) is 10.4. The average Bonchev–Trinajstić information content (AvgIpc) is 3.23. The number of piperazine rings is 1. The SMILES string of the molecule is O=C(c1cnc(-c2ccccc2F)s1)N1CCN(C(=O)c2ccc(F)cc2Cl)CC1. The summed E-state index contributed by atoms with van der Waals surface area (Å²) in [5, 5.41) is 0.500. The van der Waals surface area contributed by atoms with Crippen LogP contribution in [0.2, 0.25) is 5.02 Å². The summed E-state index contributed by atoms with van der Waals surface area (Å²) < 4.78 is 27.2. The molecule has 0 aliphatic carbocycles. The largest absolute Gasteiger partial charge is 0.335 e. The molecule has 1 aliphatic rings. The Balaban J connectivity index is 1.41. The molecule has 2 heterocycles. The lowest BCUT2D eigenvalue weighted by molar-refractivity contribution is 0.0538. The van der Waals surface area contributed by atoms with Gasteiger partial charge < -0.3 is 9.80 Å². The van der Waals surface area contributed by atoms with E-state index in [0.29, 0.717) is 41.6 Å². The summed E-state index contributed by atoms with van der Waals surface area (Å²) in [6.07, 6.45) is 1.45. The molecule has 0 spiro atoms. The molecule has 1 fully saturated rings. The Morgan fingerprint density at radius 3 is 2.30 bits per heavy atom. The summed E-state index contributed by atoms with van der Waals surface area (Å²) in [5.41, 5.74) is 0.586. The number of nitrogens with zero attached hydrogens (tertiary/aromatic N) is 3. The van der Waals surface area contributed by atoms with Gasteiger partial charge in [0.25, 0.3) is 11.8 Å². The molecule has 2 amide bonds. The van der Waals surface area contributed by atoms with Crippen molar-refractivity contribution in [1.29, 1.82) is 0 Å². The smallest absolute Gasteiger partial charge is 0.265 e. The highest BCUT2D eigenvalue weighted by molar-refractivity contribution is 7.16. The molecule has 1 saturated heterocycles. The van der Waals surface area contributed by atoms with E-state index in [1.165, 1.54) is 24.4 Å². The quantitative estimate of drug-likeness (QED) is 0.600. The first-order chi connectivity index (χ1) is 14.4. The number of carbonyl (C=O) groups is 2. The van der Waals surface area contributed by atoms with Crippen molar-refractivity contribution in [3.05, 3.63) is 75.8 Å². The highest BCUT2D eigenvalue weighted by atomic mass is 35.5. The van der Waals surface area contributed by atoms with Gasteiger partial charge in [0.15, 0.2) is 0 Å². The molecule has 3 aromatic rings. The average molecular weight is 448 g/mol. The van der Waals surface area contributed by atoms with Gasteiger partial charge in [0, 0.05) is 31.7 Å². The van der Waals surface area contributed by atoms with Crippen molar-refractivity contribution in [2.45, 2.75) is 0 Å². The normalized spacial score (nSPS) is 14.1. The number of hydrogen-bond donors (Lipinski definition) is 0. The second-order valence-electron chi connectivity index (χ2n) is 6.72. The van der Waals surface area contributed by atoms with Crippen LogP contribution >= 0.6 is 22.9 Å². The maximum atomic E-state index is 14.0. The van der Waals surface area contributed by atoms with Gasteiger partial charge in [0.05, 0.1) is 16.8 Å². The lowest BCUT2D eigenvalue weighted by Crippen LogP contribution is -2.50. The predicted molar refractivity (Wildman–Crippen MR) is 111 cm³/mol. The van der Waals surface area contributed by atoms with Gasteiger partial charge in [-0.2, -0.15) is 0 Å². The first-order valence-electron chi connectivity index (χ1n) is 9.18. The molecule has 0 atom stereocenters. The molecule has 0 saturated carbocycles. The predicted octanol–water partition coefficient (Wildman–Crippen LogP) is 4.34. The molecule has 5 nitrogen and oxygen atoms in total. The molecule has 154 valence electrons. The van der Waals surface area contributed by atoms with Crippen LogP contribution in [0.25, 0.3) is 10.6 Å². The van der Waals surface area contributed by atoms with Crippen molar-refractivity contribution in [2.75, 3.05) is 26.2 Å². The van der Waals surface area contributed by atoms with Gasteiger partial charge in [-0.25, -0.2) is 13.8 Å². The molecule has 2 aromatic carbocycles. The third kappa shape index (κ3) is 4.06. The number of halogens is 3. The summed E-state index contributed by atoms with van der Waals surface area (Å²) in [6.45, 7) is 1.35. The van der Waals surface area contributed by atoms with Crippen molar-refractivity contribution in [3.63, 3.8) is 0 Å². The molecular weight excluding hydrogens is 432 g/mol. The standard InChI is InChI=1S/C21H16ClF2N3O2S/c22-16-11-13(23)5-6-14(16)20(28)26-7-9-27(10-8-26)21(29)18-12-25-19(30-18)15-3-1-2-4-17(15)24/h1-6,11-12H,7-10H2. The summed E-state index contributed by atoms with van der Waals surface area (Å²) >= 11 is 7.12. The number of benzene rings is 2. The zero-order valence-electron chi connectivity index (χ0n) is 15.6. The van der Waals surface area contributed by atoms with Crippen molar-refractivity contribution in [3.8, 4) is 10.6 Å². The fraction of sp³-hybridized carbons (Fsp3) is 0.190. The summed E-state index contributed by atoms with van der Waals surface area (Å²) in [6, 6.07) is 9.93. The first kappa shape index (κ1) is 20.4. The summed E-state index contributed by atoms with van der Waals surface area (Å²) in [5.74, 6) is -1.41. The maximum Gasteiger partial charge on any atom is 0.265 e. The molecular formula is C21H16ClF2N3O2S. The molecule has 0 unspecified atom stereocenters. The van der Waals surface area contributed by atoms with Crippen LogP contribution in [0, 0.1) is 11.6 Å². The van der Waals surface area contributed by atoms with E-state index < -0.39 is 11.6 Å².